The third-order valence-corrected chi connectivity index (χ3v) is 6.05. The third kappa shape index (κ3) is 4.33. The maximum atomic E-state index is 13.0. The molecule has 4 aromatic rings. The molecule has 0 fully saturated rings. The molecule has 0 aliphatic carbocycles. The van der Waals surface area contributed by atoms with E-state index in [4.69, 9.17) is 14.9 Å². The van der Waals surface area contributed by atoms with Crippen molar-refractivity contribution < 1.29 is 23.5 Å². The Morgan fingerprint density at radius 3 is 2.47 bits per heavy atom. The lowest BCUT2D eigenvalue weighted by Gasteiger charge is -2.14. The Labute approximate surface area is 198 Å². The summed E-state index contributed by atoms with van der Waals surface area (Å²) in [7, 11) is 0. The van der Waals surface area contributed by atoms with Crippen molar-refractivity contribution in [1.29, 1.82) is 0 Å². The molecule has 3 N–H and O–H groups in total. The number of para-hydroxylation sites is 1. The van der Waals surface area contributed by atoms with Gasteiger partial charge < -0.3 is 20.2 Å². The van der Waals surface area contributed by atoms with E-state index in [1.165, 1.54) is 19.1 Å². The number of primary amides is 1. The molecule has 1 unspecified atom stereocenters. The maximum absolute atomic E-state index is 13.0. The van der Waals surface area contributed by atoms with Crippen LogP contribution in [0.25, 0.3) is 22.3 Å². The van der Waals surface area contributed by atoms with Crippen molar-refractivity contribution in [3.8, 4) is 11.3 Å². The number of fused-ring (bicyclic) bond motifs is 1. The average molecular weight is 477 g/mol. The van der Waals surface area contributed by atoms with Crippen LogP contribution >= 0.6 is 11.3 Å². The van der Waals surface area contributed by atoms with Gasteiger partial charge in [0.2, 0.25) is 0 Å². The van der Waals surface area contributed by atoms with Gasteiger partial charge in [-0.2, -0.15) is 0 Å². The number of thiophene rings is 1. The SMILES string of the molecule is Cc1c(-c2ccccc2)oc2c(C(=O)OC(C)C(=O)Nc3sccc3C(N)=O)cccc2c1=O. The minimum atomic E-state index is -1.20. The van der Waals surface area contributed by atoms with E-state index < -0.39 is 23.9 Å². The molecule has 0 bridgehead atoms. The number of hydrogen-bond acceptors (Lipinski definition) is 7. The van der Waals surface area contributed by atoms with Crippen LogP contribution in [0.4, 0.5) is 5.00 Å². The lowest BCUT2D eigenvalue weighted by Crippen LogP contribution is -2.30. The minimum absolute atomic E-state index is 0.0142. The number of carbonyl (C=O) groups excluding carboxylic acids is 3. The van der Waals surface area contributed by atoms with Crippen LogP contribution in [0, 0.1) is 6.92 Å². The van der Waals surface area contributed by atoms with Crippen LogP contribution in [0.15, 0.2) is 69.2 Å². The van der Waals surface area contributed by atoms with Crippen LogP contribution in [0.5, 0.6) is 0 Å². The number of hydrogen-bond donors (Lipinski definition) is 2. The van der Waals surface area contributed by atoms with Crippen LogP contribution in [-0.4, -0.2) is 23.9 Å². The van der Waals surface area contributed by atoms with E-state index in [1.54, 1.807) is 36.6 Å². The van der Waals surface area contributed by atoms with Crippen molar-refractivity contribution in [3.63, 3.8) is 0 Å². The second kappa shape index (κ2) is 9.32. The molecule has 172 valence electrons. The van der Waals surface area contributed by atoms with E-state index in [0.717, 1.165) is 11.3 Å². The van der Waals surface area contributed by atoms with Gasteiger partial charge in [0.1, 0.15) is 16.3 Å². The quantitative estimate of drug-likeness (QED) is 0.403. The molecule has 0 radical (unpaired) electrons. The fraction of sp³-hybridized carbons (Fsp3) is 0.120. The molecule has 2 amide bonds. The van der Waals surface area contributed by atoms with Crippen LogP contribution in [0.3, 0.4) is 0 Å². The van der Waals surface area contributed by atoms with E-state index in [9.17, 15) is 19.2 Å². The third-order valence-electron chi connectivity index (χ3n) is 5.22. The van der Waals surface area contributed by atoms with Gasteiger partial charge in [0.25, 0.3) is 11.8 Å². The Morgan fingerprint density at radius 2 is 1.76 bits per heavy atom. The highest BCUT2D eigenvalue weighted by molar-refractivity contribution is 7.14. The Balaban J connectivity index is 1.64. The largest absolute Gasteiger partial charge is 0.455 e. The molecular formula is C25H20N2O6S. The van der Waals surface area contributed by atoms with Gasteiger partial charge >= 0.3 is 5.97 Å². The molecule has 0 aliphatic heterocycles. The summed E-state index contributed by atoms with van der Waals surface area (Å²) in [6, 6.07) is 15.1. The number of carbonyl (C=O) groups is 3. The van der Waals surface area contributed by atoms with Crippen molar-refractivity contribution in [3.05, 3.63) is 86.9 Å². The number of nitrogens with two attached hydrogens (primary N) is 1. The summed E-state index contributed by atoms with van der Waals surface area (Å²) in [5.74, 6) is -1.81. The Morgan fingerprint density at radius 1 is 1.03 bits per heavy atom. The number of esters is 1. The molecule has 8 nitrogen and oxygen atoms in total. The summed E-state index contributed by atoms with van der Waals surface area (Å²) in [6.45, 7) is 3.06. The molecule has 0 spiro atoms. The van der Waals surface area contributed by atoms with Gasteiger partial charge in [-0.15, -0.1) is 11.3 Å². The minimum Gasteiger partial charge on any atom is -0.455 e. The van der Waals surface area contributed by atoms with Crippen molar-refractivity contribution in [2.24, 2.45) is 5.73 Å². The molecule has 2 aromatic carbocycles. The highest BCUT2D eigenvalue weighted by Gasteiger charge is 2.24. The Bertz CT molecular complexity index is 1470. The summed E-state index contributed by atoms with van der Waals surface area (Å²) < 4.78 is 11.4. The lowest BCUT2D eigenvalue weighted by atomic mass is 10.0. The maximum Gasteiger partial charge on any atom is 0.342 e. The van der Waals surface area contributed by atoms with Crippen molar-refractivity contribution in [2.45, 2.75) is 20.0 Å². The van der Waals surface area contributed by atoms with Gasteiger partial charge in [-0.1, -0.05) is 36.4 Å². The van der Waals surface area contributed by atoms with Crippen molar-refractivity contribution in [1.82, 2.24) is 0 Å². The molecule has 34 heavy (non-hydrogen) atoms. The van der Waals surface area contributed by atoms with Gasteiger partial charge in [0.15, 0.2) is 17.1 Å². The molecule has 4 rings (SSSR count). The monoisotopic (exact) mass is 476 g/mol. The first-order chi connectivity index (χ1) is 16.3. The topological polar surface area (TPSA) is 129 Å². The average Bonchev–Trinajstić information content (AvgIpc) is 3.30. The van der Waals surface area contributed by atoms with E-state index in [-0.39, 0.29) is 32.5 Å². The molecule has 0 saturated carbocycles. The molecule has 2 heterocycles. The van der Waals surface area contributed by atoms with Gasteiger partial charge in [0.05, 0.1) is 10.9 Å². The molecule has 0 aliphatic rings. The summed E-state index contributed by atoms with van der Waals surface area (Å²) in [5, 5.41) is 4.64. The van der Waals surface area contributed by atoms with E-state index in [2.05, 4.69) is 5.32 Å². The predicted octanol–water partition coefficient (Wildman–Crippen LogP) is 4.11. The van der Waals surface area contributed by atoms with Crippen molar-refractivity contribution >= 4 is 45.1 Å². The van der Waals surface area contributed by atoms with Crippen LogP contribution in [-0.2, 0) is 9.53 Å². The number of benzene rings is 2. The fourth-order valence-corrected chi connectivity index (χ4v) is 4.22. The zero-order valence-electron chi connectivity index (χ0n) is 18.3. The Hall–Kier alpha value is -4.24. The number of ether oxygens (including phenoxy) is 1. The number of amides is 2. The first-order valence-corrected chi connectivity index (χ1v) is 11.2. The van der Waals surface area contributed by atoms with Crippen LogP contribution in [0.1, 0.15) is 33.2 Å². The number of rotatable bonds is 6. The summed E-state index contributed by atoms with van der Waals surface area (Å²) in [6.07, 6.45) is -1.20. The van der Waals surface area contributed by atoms with E-state index in [1.807, 2.05) is 18.2 Å². The second-order valence-electron chi connectivity index (χ2n) is 7.50. The zero-order valence-corrected chi connectivity index (χ0v) is 19.1. The molecule has 9 heteroatoms. The number of nitrogens with one attached hydrogen (secondary N) is 1. The predicted molar refractivity (Wildman–Crippen MR) is 129 cm³/mol. The van der Waals surface area contributed by atoms with Crippen molar-refractivity contribution in [2.75, 3.05) is 5.32 Å². The molecule has 1 atom stereocenters. The lowest BCUT2D eigenvalue weighted by molar-refractivity contribution is -0.123. The van der Waals surface area contributed by atoms with Gasteiger partial charge in [-0.05, 0) is 37.4 Å². The normalized spacial score (nSPS) is 11.7. The van der Waals surface area contributed by atoms with Crippen LogP contribution < -0.4 is 16.5 Å². The highest BCUT2D eigenvalue weighted by atomic mass is 32.1. The summed E-state index contributed by atoms with van der Waals surface area (Å²) >= 11 is 1.12. The molecule has 2 aromatic heterocycles. The van der Waals surface area contributed by atoms with Gasteiger partial charge in [0, 0.05) is 11.1 Å². The van der Waals surface area contributed by atoms with E-state index >= 15 is 0 Å². The summed E-state index contributed by atoms with van der Waals surface area (Å²) in [4.78, 5) is 49.9. The van der Waals surface area contributed by atoms with Gasteiger partial charge in [-0.25, -0.2) is 4.79 Å². The smallest absolute Gasteiger partial charge is 0.342 e. The highest BCUT2D eigenvalue weighted by Crippen LogP contribution is 2.28. The first-order valence-electron chi connectivity index (χ1n) is 10.3. The Kier molecular flexibility index (Phi) is 6.29. The first kappa shape index (κ1) is 22.9. The second-order valence-corrected chi connectivity index (χ2v) is 8.41. The number of anilines is 1. The standard InChI is InChI=1S/C25H20N2O6S/c1-13-19(28)16-9-6-10-17(21(16)33-20(13)15-7-4-3-5-8-15)25(31)32-14(2)23(30)27-24-18(22(26)29)11-12-34-24/h3-12,14H,1-2H3,(H2,26,29)(H,27,30). The zero-order chi connectivity index (χ0) is 24.4. The van der Waals surface area contributed by atoms with Gasteiger partial charge in [-0.3, -0.25) is 14.4 Å². The summed E-state index contributed by atoms with van der Waals surface area (Å²) in [5.41, 5.74) is 6.38. The molecule has 0 saturated heterocycles. The fourth-order valence-electron chi connectivity index (χ4n) is 3.43. The molecular weight excluding hydrogens is 456 g/mol. The van der Waals surface area contributed by atoms with Crippen LogP contribution in [0.2, 0.25) is 0 Å². The van der Waals surface area contributed by atoms with E-state index in [0.29, 0.717) is 16.9 Å².